The molecular formula is C22H35N5O2. The minimum Gasteiger partial charge on any atom is -0.356 e. The van der Waals surface area contributed by atoms with Crippen LogP contribution in [0.15, 0.2) is 6.20 Å². The van der Waals surface area contributed by atoms with Crippen molar-refractivity contribution in [1.82, 2.24) is 20.4 Å². The highest BCUT2D eigenvalue weighted by molar-refractivity contribution is 5.87. The van der Waals surface area contributed by atoms with E-state index in [2.05, 4.69) is 48.5 Å². The van der Waals surface area contributed by atoms with Crippen molar-refractivity contribution in [2.45, 2.75) is 77.4 Å². The monoisotopic (exact) mass is 401 g/mol. The van der Waals surface area contributed by atoms with Crippen molar-refractivity contribution >= 4 is 17.6 Å². The molecule has 1 saturated carbocycles. The third kappa shape index (κ3) is 3.76. The fourth-order valence-corrected chi connectivity index (χ4v) is 5.30. The molecule has 2 aliphatic heterocycles. The van der Waals surface area contributed by atoms with Crippen LogP contribution in [0.2, 0.25) is 0 Å². The number of aromatic nitrogens is 2. The predicted octanol–water partition coefficient (Wildman–Crippen LogP) is 2.44. The molecule has 7 nitrogen and oxygen atoms in total. The van der Waals surface area contributed by atoms with Gasteiger partial charge in [0.15, 0.2) is 0 Å². The minimum absolute atomic E-state index is 0.0342. The van der Waals surface area contributed by atoms with Gasteiger partial charge in [-0.15, -0.1) is 0 Å². The lowest BCUT2D eigenvalue weighted by Crippen LogP contribution is -2.51. The zero-order valence-corrected chi connectivity index (χ0v) is 18.3. The van der Waals surface area contributed by atoms with Crippen LogP contribution in [0, 0.1) is 17.8 Å². The molecule has 2 N–H and O–H groups in total. The molecule has 0 bridgehead atoms. The van der Waals surface area contributed by atoms with Crippen molar-refractivity contribution in [2.75, 3.05) is 18.5 Å². The number of fused-ring (bicyclic) bond motifs is 1. The van der Waals surface area contributed by atoms with Gasteiger partial charge >= 0.3 is 0 Å². The van der Waals surface area contributed by atoms with Crippen molar-refractivity contribution < 1.29 is 9.59 Å². The maximum atomic E-state index is 13.3. The average molecular weight is 402 g/mol. The van der Waals surface area contributed by atoms with Crippen molar-refractivity contribution in [3.63, 3.8) is 0 Å². The Morgan fingerprint density at radius 3 is 2.66 bits per heavy atom. The van der Waals surface area contributed by atoms with E-state index < -0.39 is 0 Å². The number of nitrogens with zero attached hydrogens (tertiary/aromatic N) is 3. The molecule has 4 rings (SSSR count). The van der Waals surface area contributed by atoms with Gasteiger partial charge in [-0.3, -0.25) is 9.59 Å². The van der Waals surface area contributed by atoms with Crippen LogP contribution in [-0.4, -0.2) is 47.3 Å². The van der Waals surface area contributed by atoms with Crippen LogP contribution in [0.1, 0.15) is 70.9 Å². The van der Waals surface area contributed by atoms with Gasteiger partial charge in [-0.05, 0) is 58.3 Å². The number of hydrogen-bond donors (Lipinski definition) is 2. The first-order chi connectivity index (χ1) is 13.8. The molecular weight excluding hydrogens is 366 g/mol. The number of nitrogens with one attached hydrogen (secondary N) is 2. The Labute approximate surface area is 173 Å². The second-order valence-corrected chi connectivity index (χ2v) is 9.74. The van der Waals surface area contributed by atoms with Crippen LogP contribution in [0.25, 0.3) is 0 Å². The molecule has 0 aromatic carbocycles. The summed E-state index contributed by atoms with van der Waals surface area (Å²) >= 11 is 0. The summed E-state index contributed by atoms with van der Waals surface area (Å²) in [4.78, 5) is 28.0. The minimum atomic E-state index is -0.194. The number of amides is 2. The topological polar surface area (TPSA) is 79.3 Å². The highest BCUT2D eigenvalue weighted by Gasteiger charge is 2.44. The van der Waals surface area contributed by atoms with Gasteiger partial charge in [-0.2, -0.15) is 5.10 Å². The Balaban J connectivity index is 1.52. The normalized spacial score (nSPS) is 32.1. The molecule has 7 heteroatoms. The lowest BCUT2D eigenvalue weighted by molar-refractivity contribution is -0.130. The maximum absolute atomic E-state index is 13.3. The first-order valence-corrected chi connectivity index (χ1v) is 11.2. The van der Waals surface area contributed by atoms with E-state index in [4.69, 9.17) is 0 Å². The van der Waals surface area contributed by atoms with Gasteiger partial charge in [0.2, 0.25) is 11.8 Å². The SMILES string of the molecule is CC1CC(C)C(CNC(=O)C2CC(C3CC3)N(C)c3c2cnn3C(C)C)C(=O)N1. The van der Waals surface area contributed by atoms with Gasteiger partial charge in [-0.25, -0.2) is 4.68 Å². The lowest BCUT2D eigenvalue weighted by Gasteiger charge is -2.39. The molecule has 2 fully saturated rings. The van der Waals surface area contributed by atoms with Crippen molar-refractivity contribution in [2.24, 2.45) is 17.8 Å². The highest BCUT2D eigenvalue weighted by Crippen LogP contribution is 2.46. The predicted molar refractivity (Wildman–Crippen MR) is 113 cm³/mol. The van der Waals surface area contributed by atoms with Crippen LogP contribution in [0.3, 0.4) is 0 Å². The van der Waals surface area contributed by atoms with Crippen molar-refractivity contribution in [3.8, 4) is 0 Å². The Bertz CT molecular complexity index is 784. The number of carbonyl (C=O) groups is 2. The van der Waals surface area contributed by atoms with Gasteiger partial charge in [-0.1, -0.05) is 6.92 Å². The number of rotatable bonds is 5. The molecule has 2 amide bonds. The summed E-state index contributed by atoms with van der Waals surface area (Å²) in [6, 6.07) is 0.837. The van der Waals surface area contributed by atoms with Gasteiger partial charge in [0.05, 0.1) is 18.0 Å². The van der Waals surface area contributed by atoms with E-state index in [0.717, 1.165) is 24.2 Å². The molecule has 1 saturated heterocycles. The molecule has 1 aromatic rings. The molecule has 5 atom stereocenters. The van der Waals surface area contributed by atoms with Crippen LogP contribution >= 0.6 is 0 Å². The fourth-order valence-electron chi connectivity index (χ4n) is 5.30. The number of piperidine rings is 1. The number of anilines is 1. The summed E-state index contributed by atoms with van der Waals surface area (Å²) in [5.74, 6) is 1.77. The van der Waals surface area contributed by atoms with Crippen molar-refractivity contribution in [3.05, 3.63) is 11.8 Å². The first-order valence-electron chi connectivity index (χ1n) is 11.2. The molecule has 0 radical (unpaired) electrons. The van der Waals surface area contributed by atoms with Crippen LogP contribution in [0.4, 0.5) is 5.82 Å². The summed E-state index contributed by atoms with van der Waals surface area (Å²) in [6.45, 7) is 8.80. The molecule has 5 unspecified atom stereocenters. The second kappa shape index (κ2) is 7.65. The quantitative estimate of drug-likeness (QED) is 0.794. The summed E-state index contributed by atoms with van der Waals surface area (Å²) in [5, 5.41) is 10.7. The molecule has 3 heterocycles. The second-order valence-electron chi connectivity index (χ2n) is 9.74. The van der Waals surface area contributed by atoms with E-state index in [9.17, 15) is 9.59 Å². The Hall–Kier alpha value is -2.05. The first kappa shape index (κ1) is 20.2. The Morgan fingerprint density at radius 1 is 1.31 bits per heavy atom. The summed E-state index contributed by atoms with van der Waals surface area (Å²) in [6.07, 6.45) is 6.14. The standard InChI is InChI=1S/C22H35N5O2/c1-12(2)27-22-18(11-24-27)16(9-19(26(22)5)15-6-7-15)20(28)23-10-17-13(3)8-14(4)25-21(17)29/h11-17,19H,6-10H2,1-5H3,(H,23,28)(H,25,29). The van der Waals surface area contributed by atoms with E-state index >= 15 is 0 Å². The number of hydrogen-bond acceptors (Lipinski definition) is 4. The van der Waals surface area contributed by atoms with E-state index in [1.807, 2.05) is 17.8 Å². The smallest absolute Gasteiger partial charge is 0.227 e. The summed E-state index contributed by atoms with van der Waals surface area (Å²) in [7, 11) is 2.14. The zero-order chi connectivity index (χ0) is 20.9. The van der Waals surface area contributed by atoms with E-state index in [0.29, 0.717) is 18.5 Å². The van der Waals surface area contributed by atoms with E-state index in [-0.39, 0.29) is 41.7 Å². The summed E-state index contributed by atoms with van der Waals surface area (Å²) < 4.78 is 2.04. The van der Waals surface area contributed by atoms with Crippen molar-refractivity contribution in [1.29, 1.82) is 0 Å². The molecule has 1 aliphatic carbocycles. The Kier molecular flexibility index (Phi) is 5.34. The van der Waals surface area contributed by atoms with E-state index in [1.165, 1.54) is 12.8 Å². The third-order valence-corrected chi connectivity index (χ3v) is 7.09. The molecule has 3 aliphatic rings. The highest BCUT2D eigenvalue weighted by atomic mass is 16.2. The molecule has 29 heavy (non-hydrogen) atoms. The maximum Gasteiger partial charge on any atom is 0.227 e. The van der Waals surface area contributed by atoms with Crippen LogP contribution < -0.4 is 15.5 Å². The summed E-state index contributed by atoms with van der Waals surface area (Å²) in [5.41, 5.74) is 1.02. The zero-order valence-electron chi connectivity index (χ0n) is 18.3. The van der Waals surface area contributed by atoms with Gasteiger partial charge in [0, 0.05) is 37.3 Å². The lowest BCUT2D eigenvalue weighted by atomic mass is 9.83. The number of carbonyl (C=O) groups excluding carboxylic acids is 2. The largest absolute Gasteiger partial charge is 0.356 e. The van der Waals surface area contributed by atoms with Gasteiger partial charge in [0.25, 0.3) is 0 Å². The van der Waals surface area contributed by atoms with Crippen LogP contribution in [-0.2, 0) is 9.59 Å². The van der Waals surface area contributed by atoms with Gasteiger partial charge in [0.1, 0.15) is 5.82 Å². The third-order valence-electron chi connectivity index (χ3n) is 7.09. The molecule has 0 spiro atoms. The fraction of sp³-hybridized carbons (Fsp3) is 0.773. The molecule has 160 valence electrons. The van der Waals surface area contributed by atoms with Gasteiger partial charge < -0.3 is 15.5 Å². The van der Waals surface area contributed by atoms with Crippen LogP contribution in [0.5, 0.6) is 0 Å². The van der Waals surface area contributed by atoms with E-state index in [1.54, 1.807) is 0 Å². The average Bonchev–Trinajstić information content (AvgIpc) is 3.38. The Morgan fingerprint density at radius 2 is 2.03 bits per heavy atom. The molecule has 1 aromatic heterocycles.